The summed E-state index contributed by atoms with van der Waals surface area (Å²) in [7, 11) is 0. The lowest BCUT2D eigenvalue weighted by Gasteiger charge is -2.10. The maximum atomic E-state index is 2.37. The quantitative estimate of drug-likeness (QED) is 0.160. The van der Waals surface area contributed by atoms with Crippen molar-refractivity contribution in [2.45, 2.75) is 0 Å². The Hall–Kier alpha value is -7.94. The van der Waals surface area contributed by atoms with E-state index in [0.717, 1.165) is 0 Å². The van der Waals surface area contributed by atoms with Gasteiger partial charge < -0.3 is 9.13 Å². The average molecular weight is 763 g/mol. The number of para-hydroxylation sites is 4. The van der Waals surface area contributed by atoms with Gasteiger partial charge in [0.05, 0.1) is 22.1 Å². The van der Waals surface area contributed by atoms with E-state index < -0.39 is 0 Å². The van der Waals surface area contributed by atoms with Gasteiger partial charge in [0.2, 0.25) is 0 Å². The fraction of sp³-hybridized carbons (Fsp3) is 0. The second-order valence-corrected chi connectivity index (χ2v) is 15.8. The molecule has 0 aliphatic rings. The van der Waals surface area contributed by atoms with E-state index in [1.807, 2.05) is 0 Å². The van der Waals surface area contributed by atoms with Gasteiger partial charge in [-0.25, -0.2) is 0 Å². The Morgan fingerprint density at radius 3 is 0.900 bits per heavy atom. The van der Waals surface area contributed by atoms with Gasteiger partial charge in [-0.15, -0.1) is 0 Å². The number of nitrogens with zero attached hydrogens (tertiary/aromatic N) is 2. The van der Waals surface area contributed by atoms with Crippen molar-refractivity contribution in [1.29, 1.82) is 0 Å². The summed E-state index contributed by atoms with van der Waals surface area (Å²) in [6.45, 7) is 0. The van der Waals surface area contributed by atoms with E-state index in [9.17, 15) is 0 Å². The van der Waals surface area contributed by atoms with E-state index in [-0.39, 0.29) is 0 Å². The van der Waals surface area contributed by atoms with Crippen molar-refractivity contribution < 1.29 is 0 Å². The van der Waals surface area contributed by atoms with E-state index >= 15 is 0 Å². The number of fused-ring (bicyclic) bond motifs is 7. The molecule has 60 heavy (non-hydrogen) atoms. The summed E-state index contributed by atoms with van der Waals surface area (Å²) < 4.78 is 4.73. The maximum absolute atomic E-state index is 2.37. The molecule has 0 amide bonds. The third-order valence-electron chi connectivity index (χ3n) is 12.3. The third-order valence-corrected chi connectivity index (χ3v) is 12.3. The monoisotopic (exact) mass is 762 g/mol. The number of benzene rings is 10. The molecule has 0 aliphatic heterocycles. The third kappa shape index (κ3) is 5.65. The van der Waals surface area contributed by atoms with E-state index in [4.69, 9.17) is 0 Å². The summed E-state index contributed by atoms with van der Waals surface area (Å²) in [5.74, 6) is 0. The van der Waals surface area contributed by atoms with Gasteiger partial charge in [0, 0.05) is 32.9 Å². The van der Waals surface area contributed by atoms with Gasteiger partial charge in [-0.1, -0.05) is 158 Å². The molecule has 2 nitrogen and oxygen atoms in total. The van der Waals surface area contributed by atoms with Crippen LogP contribution in [-0.2, 0) is 0 Å². The van der Waals surface area contributed by atoms with Gasteiger partial charge in [0.1, 0.15) is 0 Å². The molecule has 10 aromatic carbocycles. The Bertz CT molecular complexity index is 3310. The zero-order valence-corrected chi connectivity index (χ0v) is 32.8. The normalized spacial score (nSPS) is 11.7. The highest BCUT2D eigenvalue weighted by molar-refractivity contribution is 6.11. The van der Waals surface area contributed by atoms with Crippen LogP contribution in [0.1, 0.15) is 0 Å². The van der Waals surface area contributed by atoms with Gasteiger partial charge in [0.25, 0.3) is 0 Å². The molecule has 0 radical (unpaired) electrons. The highest BCUT2D eigenvalue weighted by atomic mass is 15.0. The topological polar surface area (TPSA) is 9.86 Å². The molecule has 0 N–H and O–H groups in total. The zero-order chi connectivity index (χ0) is 39.6. The van der Waals surface area contributed by atoms with Crippen molar-refractivity contribution in [2.24, 2.45) is 0 Å². The fourth-order valence-corrected chi connectivity index (χ4v) is 9.33. The summed E-state index contributed by atoms with van der Waals surface area (Å²) in [5.41, 5.74) is 17.0. The van der Waals surface area contributed by atoms with Crippen LogP contribution in [0.4, 0.5) is 0 Å². The van der Waals surface area contributed by atoms with Crippen LogP contribution in [0.5, 0.6) is 0 Å². The van der Waals surface area contributed by atoms with Crippen LogP contribution in [0.25, 0.3) is 110 Å². The molecule has 0 atom stereocenters. The predicted molar refractivity (Wildman–Crippen MR) is 254 cm³/mol. The molecule has 2 heterocycles. The Labute approximate surface area is 348 Å². The molecule has 0 fully saturated rings. The van der Waals surface area contributed by atoms with Crippen molar-refractivity contribution in [3.05, 3.63) is 231 Å². The van der Waals surface area contributed by atoms with E-state index in [2.05, 4.69) is 240 Å². The second-order valence-electron chi connectivity index (χ2n) is 15.8. The predicted octanol–water partition coefficient (Wildman–Crippen LogP) is 15.7. The molecule has 0 saturated carbocycles. The Balaban J connectivity index is 0.808. The molecule has 12 aromatic rings. The summed E-state index contributed by atoms with van der Waals surface area (Å²) >= 11 is 0. The molecule has 280 valence electrons. The minimum atomic E-state index is 1.18. The van der Waals surface area contributed by atoms with Crippen LogP contribution < -0.4 is 0 Å². The summed E-state index contributed by atoms with van der Waals surface area (Å²) in [6, 6.07) is 84.1. The van der Waals surface area contributed by atoms with Gasteiger partial charge in [-0.05, 0) is 128 Å². The summed E-state index contributed by atoms with van der Waals surface area (Å²) in [6.07, 6.45) is 0. The zero-order valence-electron chi connectivity index (χ0n) is 32.8. The highest BCUT2D eigenvalue weighted by Gasteiger charge is 2.15. The SMILES string of the molecule is c1ccc(-n2c3ccccc3c3cc(-c4ccc(-c5ccc6cc(-c7ccc(-c8ccc9c(c8)c8ccccc8n9-c8ccccc8)cc7)ccc6c5)cc4)ccc32)cc1. The standard InChI is InChI=1S/C58H38N2/c1-3-11-49(12-4-1)59-55-17-9-7-15-51(55)53-37-47(31-33-57(53)59)41-23-19-39(20-24-41)43-27-29-46-36-44(28-30-45(46)35-43)40-21-25-42(26-22-40)48-32-34-58-54(38-48)52-16-8-10-18-56(52)60(58)50-13-5-2-6-14-50/h1-38H. The van der Waals surface area contributed by atoms with Crippen LogP contribution >= 0.6 is 0 Å². The minimum absolute atomic E-state index is 1.18. The minimum Gasteiger partial charge on any atom is -0.309 e. The van der Waals surface area contributed by atoms with Crippen LogP contribution in [0.2, 0.25) is 0 Å². The first-order valence-corrected chi connectivity index (χ1v) is 20.7. The molecular weight excluding hydrogens is 725 g/mol. The largest absolute Gasteiger partial charge is 0.309 e. The van der Waals surface area contributed by atoms with Crippen LogP contribution in [0, 0.1) is 0 Å². The van der Waals surface area contributed by atoms with E-state index in [1.165, 1.54) is 110 Å². The van der Waals surface area contributed by atoms with Crippen LogP contribution in [0.15, 0.2) is 231 Å². The van der Waals surface area contributed by atoms with Gasteiger partial charge in [-0.2, -0.15) is 0 Å². The Morgan fingerprint density at radius 1 is 0.200 bits per heavy atom. The number of aromatic nitrogens is 2. The molecule has 2 aromatic heterocycles. The smallest absolute Gasteiger partial charge is 0.0541 e. The molecular formula is C58H38N2. The maximum Gasteiger partial charge on any atom is 0.0541 e. The van der Waals surface area contributed by atoms with Gasteiger partial charge in [0.15, 0.2) is 0 Å². The number of hydrogen-bond donors (Lipinski definition) is 0. The van der Waals surface area contributed by atoms with Gasteiger partial charge >= 0.3 is 0 Å². The number of hydrogen-bond acceptors (Lipinski definition) is 0. The Morgan fingerprint density at radius 2 is 0.500 bits per heavy atom. The number of rotatable bonds is 6. The summed E-state index contributed by atoms with van der Waals surface area (Å²) in [5, 5.41) is 7.54. The second kappa shape index (κ2) is 13.9. The Kier molecular flexibility index (Phi) is 7.89. The van der Waals surface area contributed by atoms with Gasteiger partial charge in [-0.3, -0.25) is 0 Å². The molecule has 0 aliphatic carbocycles. The molecule has 0 unspecified atom stereocenters. The lowest BCUT2D eigenvalue weighted by atomic mass is 9.95. The van der Waals surface area contributed by atoms with Crippen molar-refractivity contribution in [3.8, 4) is 55.9 Å². The first-order chi connectivity index (χ1) is 29.7. The molecule has 2 heteroatoms. The first kappa shape index (κ1) is 34.1. The van der Waals surface area contributed by atoms with E-state index in [0.29, 0.717) is 0 Å². The average Bonchev–Trinajstić information content (AvgIpc) is 3.84. The first-order valence-electron chi connectivity index (χ1n) is 20.7. The summed E-state index contributed by atoms with van der Waals surface area (Å²) in [4.78, 5) is 0. The highest BCUT2D eigenvalue weighted by Crippen LogP contribution is 2.38. The van der Waals surface area contributed by atoms with Crippen molar-refractivity contribution in [3.63, 3.8) is 0 Å². The van der Waals surface area contributed by atoms with Crippen molar-refractivity contribution in [2.75, 3.05) is 0 Å². The van der Waals surface area contributed by atoms with Crippen LogP contribution in [0.3, 0.4) is 0 Å². The van der Waals surface area contributed by atoms with Crippen LogP contribution in [-0.4, -0.2) is 9.13 Å². The van der Waals surface area contributed by atoms with Crippen molar-refractivity contribution in [1.82, 2.24) is 9.13 Å². The molecule has 0 saturated heterocycles. The fourth-order valence-electron chi connectivity index (χ4n) is 9.33. The lowest BCUT2D eigenvalue weighted by molar-refractivity contribution is 1.18. The van der Waals surface area contributed by atoms with E-state index in [1.54, 1.807) is 0 Å². The molecule has 0 bridgehead atoms. The molecule has 0 spiro atoms. The van der Waals surface area contributed by atoms with Crippen molar-refractivity contribution >= 4 is 54.4 Å². The lowest BCUT2D eigenvalue weighted by Crippen LogP contribution is -1.92. The molecule has 12 rings (SSSR count).